The first-order valence-corrected chi connectivity index (χ1v) is 10.2. The van der Waals surface area contributed by atoms with Gasteiger partial charge in [-0.15, -0.1) is 11.3 Å². The molecule has 2 aromatic rings. The summed E-state index contributed by atoms with van der Waals surface area (Å²) in [4.78, 5) is 28.4. The highest BCUT2D eigenvalue weighted by Gasteiger charge is 2.31. The van der Waals surface area contributed by atoms with Gasteiger partial charge in [0.1, 0.15) is 6.04 Å². The number of hydrogen-bond donors (Lipinski definition) is 2. The molecule has 3 rings (SSSR count). The van der Waals surface area contributed by atoms with Crippen molar-refractivity contribution in [3.05, 3.63) is 40.3 Å². The van der Waals surface area contributed by atoms with E-state index in [2.05, 4.69) is 21.8 Å². The van der Waals surface area contributed by atoms with Gasteiger partial charge in [0.25, 0.3) is 0 Å². The van der Waals surface area contributed by atoms with E-state index in [0.717, 1.165) is 12.0 Å². The van der Waals surface area contributed by atoms with E-state index in [-0.39, 0.29) is 17.7 Å². The number of carbonyl (C=O) groups excluding carboxylic acids is 2. The number of likely N-dealkylation sites (N-methyl/N-ethyl adjacent to an activating group) is 1. The number of rotatable bonds is 7. The number of aryl methyl sites for hydroxylation is 1. The van der Waals surface area contributed by atoms with Crippen molar-refractivity contribution < 1.29 is 9.59 Å². The van der Waals surface area contributed by atoms with Crippen molar-refractivity contribution in [3.63, 3.8) is 0 Å². The fraction of sp³-hybridized carbons (Fsp3) is 0.526. The second kappa shape index (κ2) is 9.14. The lowest BCUT2D eigenvalue weighted by Crippen LogP contribution is -2.46. The fourth-order valence-corrected chi connectivity index (χ4v) is 4.18. The number of hydrogen-bond acceptors (Lipinski definition) is 5. The number of nitrogens with one attached hydrogen (secondary N) is 2. The van der Waals surface area contributed by atoms with Gasteiger partial charge in [-0.05, 0) is 37.8 Å². The molecule has 0 aliphatic carbocycles. The smallest absolute Gasteiger partial charge is 0.244 e. The SMILES string of the molecule is CNC(C(=O)N1CCC(C(=O)NCCc2cccs2)CC1)c1cnn(C)c1. The Labute approximate surface area is 163 Å². The molecule has 0 saturated carbocycles. The molecule has 1 saturated heterocycles. The average molecular weight is 390 g/mol. The third-order valence-corrected chi connectivity index (χ3v) is 5.96. The molecular weight excluding hydrogens is 362 g/mol. The zero-order valence-electron chi connectivity index (χ0n) is 15.9. The predicted octanol–water partition coefficient (Wildman–Crippen LogP) is 1.34. The van der Waals surface area contributed by atoms with Crippen LogP contribution in [0.4, 0.5) is 0 Å². The van der Waals surface area contributed by atoms with E-state index >= 15 is 0 Å². The number of likely N-dealkylation sites (tertiary alicyclic amines) is 1. The van der Waals surface area contributed by atoms with Crippen molar-refractivity contribution in [1.82, 2.24) is 25.3 Å². The number of thiophene rings is 1. The van der Waals surface area contributed by atoms with Crippen LogP contribution in [0.5, 0.6) is 0 Å². The van der Waals surface area contributed by atoms with E-state index in [9.17, 15) is 9.59 Å². The molecule has 1 unspecified atom stereocenters. The first-order valence-electron chi connectivity index (χ1n) is 9.33. The van der Waals surface area contributed by atoms with Crippen LogP contribution in [0, 0.1) is 5.92 Å². The molecule has 3 heterocycles. The van der Waals surface area contributed by atoms with Crippen LogP contribution in [0.25, 0.3) is 0 Å². The third-order valence-electron chi connectivity index (χ3n) is 5.02. The molecule has 2 amide bonds. The zero-order chi connectivity index (χ0) is 19.2. The van der Waals surface area contributed by atoms with Crippen LogP contribution in [0.15, 0.2) is 29.9 Å². The Kier molecular flexibility index (Phi) is 6.63. The van der Waals surface area contributed by atoms with Gasteiger partial charge in [0, 0.05) is 49.2 Å². The molecule has 0 radical (unpaired) electrons. The Morgan fingerprint density at radius 3 is 2.74 bits per heavy atom. The molecular formula is C19H27N5O2S. The molecule has 2 aromatic heterocycles. The molecule has 27 heavy (non-hydrogen) atoms. The van der Waals surface area contributed by atoms with E-state index in [0.29, 0.717) is 32.5 Å². The highest BCUT2D eigenvalue weighted by atomic mass is 32.1. The highest BCUT2D eigenvalue weighted by Crippen LogP contribution is 2.22. The number of nitrogens with zero attached hydrogens (tertiary/aromatic N) is 3. The van der Waals surface area contributed by atoms with Crippen molar-refractivity contribution in [2.24, 2.45) is 13.0 Å². The standard InChI is InChI=1S/C19H27N5O2S/c1-20-17(15-12-22-23(2)13-15)19(26)24-9-6-14(7-10-24)18(25)21-8-5-16-4-3-11-27-16/h3-4,11-14,17,20H,5-10H2,1-2H3,(H,21,25). The van der Waals surface area contributed by atoms with E-state index in [1.807, 2.05) is 29.6 Å². The molecule has 1 aliphatic rings. The minimum Gasteiger partial charge on any atom is -0.355 e. The van der Waals surface area contributed by atoms with Crippen molar-refractivity contribution >= 4 is 23.2 Å². The Bertz CT molecular complexity index is 750. The molecule has 0 spiro atoms. The van der Waals surface area contributed by atoms with Gasteiger partial charge in [-0.1, -0.05) is 6.07 Å². The average Bonchev–Trinajstić information content (AvgIpc) is 3.34. The Morgan fingerprint density at radius 1 is 1.37 bits per heavy atom. The topological polar surface area (TPSA) is 79.3 Å². The number of carbonyl (C=O) groups is 2. The fourth-order valence-electron chi connectivity index (χ4n) is 3.47. The summed E-state index contributed by atoms with van der Waals surface area (Å²) in [7, 11) is 3.62. The summed E-state index contributed by atoms with van der Waals surface area (Å²) in [5.41, 5.74) is 0.860. The van der Waals surface area contributed by atoms with Crippen LogP contribution in [-0.2, 0) is 23.1 Å². The van der Waals surface area contributed by atoms with E-state index in [1.54, 1.807) is 29.3 Å². The normalized spacial score (nSPS) is 16.3. The van der Waals surface area contributed by atoms with Crippen LogP contribution in [-0.4, -0.2) is 53.2 Å². The summed E-state index contributed by atoms with van der Waals surface area (Å²) in [6.07, 6.45) is 5.86. The minimum absolute atomic E-state index is 0.0104. The Hall–Kier alpha value is -2.19. The molecule has 146 valence electrons. The second-order valence-corrected chi connectivity index (χ2v) is 7.92. The van der Waals surface area contributed by atoms with Gasteiger partial charge in [0.15, 0.2) is 0 Å². The third kappa shape index (κ3) is 4.95. The van der Waals surface area contributed by atoms with Crippen LogP contribution in [0.1, 0.15) is 29.3 Å². The van der Waals surface area contributed by atoms with Gasteiger partial charge in [-0.2, -0.15) is 5.10 Å². The Balaban J connectivity index is 1.46. The first-order chi connectivity index (χ1) is 13.1. The molecule has 1 atom stereocenters. The lowest BCUT2D eigenvalue weighted by molar-refractivity contribution is -0.137. The first kappa shape index (κ1) is 19.6. The van der Waals surface area contributed by atoms with Crippen LogP contribution >= 0.6 is 11.3 Å². The highest BCUT2D eigenvalue weighted by molar-refractivity contribution is 7.09. The van der Waals surface area contributed by atoms with Gasteiger partial charge in [-0.3, -0.25) is 14.3 Å². The van der Waals surface area contributed by atoms with E-state index in [4.69, 9.17) is 0 Å². The van der Waals surface area contributed by atoms with Crippen LogP contribution < -0.4 is 10.6 Å². The van der Waals surface area contributed by atoms with Gasteiger partial charge in [-0.25, -0.2) is 0 Å². The summed E-state index contributed by atoms with van der Waals surface area (Å²) in [5, 5.41) is 12.3. The summed E-state index contributed by atoms with van der Waals surface area (Å²) < 4.78 is 1.69. The van der Waals surface area contributed by atoms with Gasteiger partial charge >= 0.3 is 0 Å². The zero-order valence-corrected chi connectivity index (χ0v) is 16.7. The second-order valence-electron chi connectivity index (χ2n) is 6.89. The minimum atomic E-state index is -0.394. The lowest BCUT2D eigenvalue weighted by Gasteiger charge is -2.33. The van der Waals surface area contributed by atoms with Gasteiger partial charge in [0.2, 0.25) is 11.8 Å². The summed E-state index contributed by atoms with van der Waals surface area (Å²) in [5.74, 6) is 0.141. The van der Waals surface area contributed by atoms with Gasteiger partial charge in [0.05, 0.1) is 6.20 Å². The summed E-state index contributed by atoms with van der Waals surface area (Å²) in [6, 6.07) is 3.72. The molecule has 2 N–H and O–H groups in total. The number of piperidine rings is 1. The summed E-state index contributed by atoms with van der Waals surface area (Å²) in [6.45, 7) is 1.89. The van der Waals surface area contributed by atoms with Crippen molar-refractivity contribution in [3.8, 4) is 0 Å². The monoisotopic (exact) mass is 389 g/mol. The lowest BCUT2D eigenvalue weighted by atomic mass is 9.95. The number of amides is 2. The molecule has 1 fully saturated rings. The summed E-state index contributed by atoms with van der Waals surface area (Å²) >= 11 is 1.71. The number of aromatic nitrogens is 2. The molecule has 1 aliphatic heterocycles. The molecule has 8 heteroatoms. The quantitative estimate of drug-likeness (QED) is 0.749. The van der Waals surface area contributed by atoms with Crippen molar-refractivity contribution in [1.29, 1.82) is 0 Å². The Morgan fingerprint density at radius 2 is 2.15 bits per heavy atom. The maximum absolute atomic E-state index is 12.8. The van der Waals surface area contributed by atoms with Crippen LogP contribution in [0.3, 0.4) is 0 Å². The van der Waals surface area contributed by atoms with E-state index < -0.39 is 6.04 Å². The molecule has 0 aromatic carbocycles. The molecule has 7 nitrogen and oxygen atoms in total. The molecule has 0 bridgehead atoms. The largest absolute Gasteiger partial charge is 0.355 e. The van der Waals surface area contributed by atoms with Gasteiger partial charge < -0.3 is 15.5 Å². The van der Waals surface area contributed by atoms with E-state index in [1.165, 1.54) is 4.88 Å². The van der Waals surface area contributed by atoms with Crippen molar-refractivity contribution in [2.45, 2.75) is 25.3 Å². The predicted molar refractivity (Wildman–Crippen MR) is 105 cm³/mol. The maximum atomic E-state index is 12.8. The van der Waals surface area contributed by atoms with Crippen molar-refractivity contribution in [2.75, 3.05) is 26.7 Å². The maximum Gasteiger partial charge on any atom is 0.244 e. The van der Waals surface area contributed by atoms with Crippen LogP contribution in [0.2, 0.25) is 0 Å².